The predicted molar refractivity (Wildman–Crippen MR) is 160 cm³/mol. The van der Waals surface area contributed by atoms with Crippen molar-refractivity contribution >= 4 is 34.4 Å². The average molecular weight is 574 g/mol. The van der Waals surface area contributed by atoms with E-state index < -0.39 is 11.7 Å². The minimum absolute atomic E-state index is 0.0323. The van der Waals surface area contributed by atoms with Crippen LogP contribution in [-0.2, 0) is 11.2 Å². The van der Waals surface area contributed by atoms with E-state index in [1.165, 1.54) is 28.5 Å². The Labute approximate surface area is 243 Å². The number of halogens is 1. The zero-order chi connectivity index (χ0) is 28.9. The summed E-state index contributed by atoms with van der Waals surface area (Å²) in [7, 11) is 0. The molecule has 3 aromatic heterocycles. The Bertz CT molecular complexity index is 1510. The van der Waals surface area contributed by atoms with Crippen LogP contribution in [0.25, 0.3) is 5.65 Å². The molecule has 0 radical (unpaired) electrons. The largest absolute Gasteiger partial charge is 0.379 e. The molecule has 1 aliphatic heterocycles. The summed E-state index contributed by atoms with van der Waals surface area (Å²) < 4.78 is 21.1. The first-order valence-corrected chi connectivity index (χ1v) is 14.5. The summed E-state index contributed by atoms with van der Waals surface area (Å²) in [4.78, 5) is 23.9. The SMILES string of the molecule is NC1CCC(Nc2cc(Nc3ccc(CCN4CCOCC4)cc3)c3ncc(C(=O)Nc4ccncc4F)n3n2)CC1. The fourth-order valence-corrected chi connectivity index (χ4v) is 5.44. The minimum Gasteiger partial charge on any atom is -0.379 e. The second kappa shape index (κ2) is 12.8. The molecule has 12 heteroatoms. The molecule has 2 aliphatic rings. The highest BCUT2D eigenvalue weighted by molar-refractivity contribution is 6.03. The number of rotatable bonds is 9. The van der Waals surface area contributed by atoms with Crippen molar-refractivity contribution < 1.29 is 13.9 Å². The van der Waals surface area contributed by atoms with E-state index in [-0.39, 0.29) is 23.5 Å². The Kier molecular flexibility index (Phi) is 8.54. The molecule has 42 heavy (non-hydrogen) atoms. The normalized spacial score (nSPS) is 19.5. The van der Waals surface area contributed by atoms with Gasteiger partial charge in [-0.05, 0) is 55.9 Å². The molecule has 11 nitrogen and oxygen atoms in total. The van der Waals surface area contributed by atoms with Crippen molar-refractivity contribution in [2.24, 2.45) is 5.73 Å². The number of amides is 1. The van der Waals surface area contributed by atoms with E-state index in [0.29, 0.717) is 17.2 Å². The lowest BCUT2D eigenvalue weighted by atomic mass is 9.92. The molecule has 2 fully saturated rings. The van der Waals surface area contributed by atoms with Crippen molar-refractivity contribution in [3.63, 3.8) is 0 Å². The molecule has 220 valence electrons. The quantitative estimate of drug-likeness (QED) is 0.236. The number of hydrogen-bond donors (Lipinski definition) is 4. The van der Waals surface area contributed by atoms with E-state index >= 15 is 0 Å². The number of fused-ring (bicyclic) bond motifs is 1. The Balaban J connectivity index is 1.24. The lowest BCUT2D eigenvalue weighted by Gasteiger charge is -2.27. The molecule has 1 saturated heterocycles. The monoisotopic (exact) mass is 573 g/mol. The van der Waals surface area contributed by atoms with Crippen molar-refractivity contribution in [1.82, 2.24) is 24.5 Å². The van der Waals surface area contributed by atoms with Gasteiger partial charge < -0.3 is 26.4 Å². The van der Waals surface area contributed by atoms with Crippen LogP contribution in [0.15, 0.2) is 55.0 Å². The number of aromatic nitrogens is 4. The first-order valence-electron chi connectivity index (χ1n) is 14.5. The number of hydrogen-bond acceptors (Lipinski definition) is 9. The maximum Gasteiger partial charge on any atom is 0.276 e. The van der Waals surface area contributed by atoms with E-state index in [2.05, 4.69) is 43.0 Å². The number of carbonyl (C=O) groups excluding carboxylic acids is 1. The third kappa shape index (κ3) is 6.67. The highest BCUT2D eigenvalue weighted by Crippen LogP contribution is 2.27. The zero-order valence-corrected chi connectivity index (χ0v) is 23.4. The van der Waals surface area contributed by atoms with Crippen LogP contribution in [0.1, 0.15) is 41.7 Å². The zero-order valence-electron chi connectivity index (χ0n) is 23.4. The maximum atomic E-state index is 14.2. The van der Waals surface area contributed by atoms with Crippen molar-refractivity contribution in [3.8, 4) is 0 Å². The topological polar surface area (TPSA) is 135 Å². The van der Waals surface area contributed by atoms with Gasteiger partial charge in [-0.3, -0.25) is 14.7 Å². The van der Waals surface area contributed by atoms with Gasteiger partial charge in [0.1, 0.15) is 5.82 Å². The van der Waals surface area contributed by atoms with Crippen LogP contribution in [-0.4, -0.2) is 75.3 Å². The molecule has 0 unspecified atom stereocenters. The van der Waals surface area contributed by atoms with E-state index in [9.17, 15) is 9.18 Å². The maximum absolute atomic E-state index is 14.2. The molecule has 6 rings (SSSR count). The molecular weight excluding hydrogens is 537 g/mol. The van der Waals surface area contributed by atoms with Gasteiger partial charge in [-0.25, -0.2) is 13.9 Å². The van der Waals surface area contributed by atoms with E-state index in [4.69, 9.17) is 15.6 Å². The first-order chi connectivity index (χ1) is 20.5. The highest BCUT2D eigenvalue weighted by Gasteiger charge is 2.22. The Morgan fingerprint density at radius 3 is 2.60 bits per heavy atom. The number of anilines is 4. The van der Waals surface area contributed by atoms with Crippen LogP contribution in [0.3, 0.4) is 0 Å². The summed E-state index contributed by atoms with van der Waals surface area (Å²) in [6, 6.07) is 12.1. The molecule has 1 aliphatic carbocycles. The molecule has 1 saturated carbocycles. The van der Waals surface area contributed by atoms with Crippen molar-refractivity contribution in [3.05, 3.63) is 72.1 Å². The molecule has 0 bridgehead atoms. The van der Waals surface area contributed by atoms with Crippen LogP contribution in [0.2, 0.25) is 0 Å². The number of morpholine rings is 1. The number of imidazole rings is 1. The lowest BCUT2D eigenvalue weighted by Crippen LogP contribution is -2.37. The highest BCUT2D eigenvalue weighted by atomic mass is 19.1. The van der Waals surface area contributed by atoms with Crippen LogP contribution >= 0.6 is 0 Å². The lowest BCUT2D eigenvalue weighted by molar-refractivity contribution is 0.0384. The number of carbonyl (C=O) groups is 1. The molecule has 4 heterocycles. The first kappa shape index (κ1) is 28.0. The van der Waals surface area contributed by atoms with Crippen LogP contribution < -0.4 is 21.7 Å². The fourth-order valence-electron chi connectivity index (χ4n) is 5.44. The Morgan fingerprint density at radius 1 is 1.05 bits per heavy atom. The van der Waals surface area contributed by atoms with Crippen LogP contribution in [0, 0.1) is 5.82 Å². The molecule has 1 aromatic carbocycles. The third-order valence-corrected chi connectivity index (χ3v) is 7.90. The summed E-state index contributed by atoms with van der Waals surface area (Å²) >= 11 is 0. The van der Waals surface area contributed by atoms with Gasteiger partial charge in [0.15, 0.2) is 17.2 Å². The number of nitrogens with zero attached hydrogens (tertiary/aromatic N) is 5. The smallest absolute Gasteiger partial charge is 0.276 e. The summed E-state index contributed by atoms with van der Waals surface area (Å²) in [5.41, 5.74) is 9.63. The minimum atomic E-state index is -0.624. The Morgan fingerprint density at radius 2 is 1.83 bits per heavy atom. The Hall–Kier alpha value is -4.13. The second-order valence-corrected chi connectivity index (χ2v) is 10.9. The standard InChI is InChI=1S/C30H36FN9O2/c31-24-18-33-11-9-25(24)37-30(41)27-19-34-29-26(17-28(38-40(27)29)36-23-7-3-21(32)4-8-23)35-22-5-1-20(2-6-22)10-12-39-13-15-42-16-14-39/h1-2,5-6,9,11,17-19,21,23,35H,3-4,7-8,10,12-16,32H2,(H,36,38)(H,33,37,41). The van der Waals surface area contributed by atoms with Gasteiger partial charge in [0.25, 0.3) is 5.91 Å². The van der Waals surface area contributed by atoms with Gasteiger partial charge >= 0.3 is 0 Å². The molecular formula is C30H36FN9O2. The van der Waals surface area contributed by atoms with Crippen molar-refractivity contribution in [1.29, 1.82) is 0 Å². The van der Waals surface area contributed by atoms with Crippen molar-refractivity contribution in [2.75, 3.05) is 48.8 Å². The summed E-state index contributed by atoms with van der Waals surface area (Å²) in [6.07, 6.45) is 8.65. The molecule has 4 aromatic rings. The molecule has 0 atom stereocenters. The van der Waals surface area contributed by atoms with Gasteiger partial charge in [-0.1, -0.05) is 12.1 Å². The second-order valence-electron chi connectivity index (χ2n) is 10.9. The van der Waals surface area contributed by atoms with Gasteiger partial charge in [-0.15, -0.1) is 5.10 Å². The van der Waals surface area contributed by atoms with E-state index in [0.717, 1.165) is 76.8 Å². The van der Waals surface area contributed by atoms with Gasteiger partial charge in [-0.2, -0.15) is 0 Å². The number of nitrogens with two attached hydrogens (primary N) is 1. The molecule has 1 amide bonds. The fraction of sp³-hybridized carbons (Fsp3) is 0.400. The van der Waals surface area contributed by atoms with E-state index in [1.54, 1.807) is 0 Å². The van der Waals surface area contributed by atoms with E-state index in [1.807, 2.05) is 18.2 Å². The third-order valence-electron chi connectivity index (χ3n) is 7.90. The van der Waals surface area contributed by atoms with Gasteiger partial charge in [0.2, 0.25) is 0 Å². The number of ether oxygens (including phenoxy) is 1. The molecule has 5 N–H and O–H groups in total. The summed E-state index contributed by atoms with van der Waals surface area (Å²) in [6.45, 7) is 4.55. The summed E-state index contributed by atoms with van der Waals surface area (Å²) in [5, 5.41) is 14.3. The van der Waals surface area contributed by atoms with Crippen LogP contribution in [0.4, 0.5) is 27.3 Å². The predicted octanol–water partition coefficient (Wildman–Crippen LogP) is 3.82. The van der Waals surface area contributed by atoms with Gasteiger partial charge in [0.05, 0.1) is 37.0 Å². The number of benzene rings is 1. The molecule has 0 spiro atoms. The number of pyridine rings is 1. The van der Waals surface area contributed by atoms with Crippen LogP contribution in [0.5, 0.6) is 0 Å². The number of nitrogens with one attached hydrogen (secondary N) is 3. The van der Waals surface area contributed by atoms with Gasteiger partial charge in [0, 0.05) is 49.7 Å². The van der Waals surface area contributed by atoms with Crippen molar-refractivity contribution in [2.45, 2.75) is 44.2 Å². The summed E-state index contributed by atoms with van der Waals surface area (Å²) in [5.74, 6) is -0.549. The average Bonchev–Trinajstić information content (AvgIpc) is 3.44.